The summed E-state index contributed by atoms with van der Waals surface area (Å²) in [5.41, 5.74) is 7.66. The maximum Gasteiger partial charge on any atom is 0.0548 e. The van der Waals surface area contributed by atoms with Crippen molar-refractivity contribution in [1.29, 1.82) is 0 Å². The predicted molar refractivity (Wildman–Crippen MR) is 78.9 cm³/mol. The van der Waals surface area contributed by atoms with E-state index < -0.39 is 0 Å². The van der Waals surface area contributed by atoms with E-state index in [1.54, 1.807) is 0 Å². The van der Waals surface area contributed by atoms with Crippen LogP contribution < -0.4 is 10.6 Å². The van der Waals surface area contributed by atoms with Gasteiger partial charge in [0.15, 0.2) is 0 Å². The first-order valence-electron chi connectivity index (χ1n) is 7.23. The summed E-state index contributed by atoms with van der Waals surface area (Å²) in [5, 5.41) is 0. The first-order valence-corrected chi connectivity index (χ1v) is 7.23. The first-order chi connectivity index (χ1) is 8.74. The Balaban J connectivity index is 2.30. The van der Waals surface area contributed by atoms with Gasteiger partial charge in [0.1, 0.15) is 0 Å². The lowest BCUT2D eigenvalue weighted by Crippen LogP contribution is -2.58. The second-order valence-corrected chi connectivity index (χ2v) is 5.55. The molecule has 1 fully saturated rings. The van der Waals surface area contributed by atoms with Crippen LogP contribution in [0, 0.1) is 5.92 Å². The van der Waals surface area contributed by atoms with E-state index in [2.05, 4.69) is 49.2 Å². The number of likely N-dealkylation sites (N-methyl/N-ethyl adjacent to an activating group) is 1. The Morgan fingerprint density at radius 3 is 2.61 bits per heavy atom. The van der Waals surface area contributed by atoms with E-state index in [-0.39, 0.29) is 5.54 Å². The van der Waals surface area contributed by atoms with Crippen LogP contribution in [0.1, 0.15) is 39.0 Å². The number of anilines is 1. The van der Waals surface area contributed by atoms with Crippen LogP contribution in [0.25, 0.3) is 0 Å². The average molecular weight is 246 g/mol. The molecule has 0 amide bonds. The molecule has 0 bridgehead atoms. The van der Waals surface area contributed by atoms with Gasteiger partial charge < -0.3 is 10.6 Å². The van der Waals surface area contributed by atoms with Crippen molar-refractivity contribution in [2.24, 2.45) is 11.7 Å². The van der Waals surface area contributed by atoms with Gasteiger partial charge in [-0.25, -0.2) is 0 Å². The first kappa shape index (κ1) is 13.4. The normalized spacial score (nSPS) is 28.1. The van der Waals surface area contributed by atoms with Gasteiger partial charge in [-0.15, -0.1) is 0 Å². The van der Waals surface area contributed by atoms with E-state index in [1.165, 1.54) is 37.8 Å². The minimum atomic E-state index is 0.161. The Hall–Kier alpha value is -1.02. The fraction of sp³-hybridized carbons (Fsp3) is 0.625. The van der Waals surface area contributed by atoms with Crippen LogP contribution in [0.15, 0.2) is 30.3 Å². The van der Waals surface area contributed by atoms with E-state index >= 15 is 0 Å². The van der Waals surface area contributed by atoms with Gasteiger partial charge >= 0.3 is 0 Å². The molecule has 1 aliphatic rings. The highest BCUT2D eigenvalue weighted by Crippen LogP contribution is 2.41. The Morgan fingerprint density at radius 1 is 1.28 bits per heavy atom. The molecular formula is C16H26N2. The molecule has 18 heavy (non-hydrogen) atoms. The lowest BCUT2D eigenvalue weighted by atomic mass is 9.70. The zero-order chi connectivity index (χ0) is 13.0. The molecule has 0 spiro atoms. The van der Waals surface area contributed by atoms with Gasteiger partial charge in [-0.3, -0.25) is 0 Å². The Kier molecular flexibility index (Phi) is 4.28. The minimum absolute atomic E-state index is 0.161. The molecule has 1 aromatic rings. The summed E-state index contributed by atoms with van der Waals surface area (Å²) in [7, 11) is 2.22. The van der Waals surface area contributed by atoms with Crippen molar-refractivity contribution in [3.05, 3.63) is 30.3 Å². The van der Waals surface area contributed by atoms with E-state index in [0.717, 1.165) is 12.5 Å². The van der Waals surface area contributed by atoms with Crippen LogP contribution in [0.2, 0.25) is 0 Å². The number of hydrogen-bond donors (Lipinski definition) is 1. The van der Waals surface area contributed by atoms with E-state index in [9.17, 15) is 0 Å². The Morgan fingerprint density at radius 2 is 2.00 bits per heavy atom. The number of nitrogens with zero attached hydrogens (tertiary/aromatic N) is 1. The average Bonchev–Trinajstić information content (AvgIpc) is 2.47. The molecule has 1 aromatic carbocycles. The van der Waals surface area contributed by atoms with Crippen LogP contribution in [0.3, 0.4) is 0 Å². The van der Waals surface area contributed by atoms with Gasteiger partial charge in [0.05, 0.1) is 5.54 Å². The summed E-state index contributed by atoms with van der Waals surface area (Å²) in [6.07, 6.45) is 6.46. The van der Waals surface area contributed by atoms with Crippen LogP contribution >= 0.6 is 0 Å². The van der Waals surface area contributed by atoms with E-state index in [1.807, 2.05) is 0 Å². The molecular weight excluding hydrogens is 220 g/mol. The smallest absolute Gasteiger partial charge is 0.0548 e. The van der Waals surface area contributed by atoms with Crippen LogP contribution in [0.5, 0.6) is 0 Å². The number of para-hydroxylation sites is 1. The number of hydrogen-bond acceptors (Lipinski definition) is 2. The molecule has 100 valence electrons. The van der Waals surface area contributed by atoms with Crippen molar-refractivity contribution >= 4 is 5.69 Å². The van der Waals surface area contributed by atoms with Crippen molar-refractivity contribution in [2.75, 3.05) is 18.5 Å². The fourth-order valence-electron chi connectivity index (χ4n) is 3.63. The molecule has 0 radical (unpaired) electrons. The van der Waals surface area contributed by atoms with Crippen molar-refractivity contribution < 1.29 is 0 Å². The molecule has 0 saturated heterocycles. The molecule has 2 nitrogen and oxygen atoms in total. The van der Waals surface area contributed by atoms with Gasteiger partial charge in [0, 0.05) is 19.3 Å². The molecule has 0 heterocycles. The molecule has 2 unspecified atom stereocenters. The third-order valence-corrected chi connectivity index (χ3v) is 4.83. The van der Waals surface area contributed by atoms with Crippen molar-refractivity contribution in [1.82, 2.24) is 0 Å². The molecule has 1 aliphatic carbocycles. The summed E-state index contributed by atoms with van der Waals surface area (Å²) < 4.78 is 0. The zero-order valence-electron chi connectivity index (χ0n) is 11.7. The highest BCUT2D eigenvalue weighted by atomic mass is 15.2. The summed E-state index contributed by atoms with van der Waals surface area (Å²) in [6, 6.07) is 10.7. The lowest BCUT2D eigenvalue weighted by molar-refractivity contribution is 0.183. The molecule has 1 saturated carbocycles. The summed E-state index contributed by atoms with van der Waals surface area (Å²) in [6.45, 7) is 3.07. The molecule has 0 aromatic heterocycles. The zero-order valence-corrected chi connectivity index (χ0v) is 11.7. The van der Waals surface area contributed by atoms with E-state index in [4.69, 9.17) is 5.73 Å². The molecule has 2 atom stereocenters. The van der Waals surface area contributed by atoms with Crippen molar-refractivity contribution in [3.63, 3.8) is 0 Å². The Bertz CT molecular complexity index is 363. The maximum absolute atomic E-state index is 6.20. The molecule has 2 N–H and O–H groups in total. The second-order valence-electron chi connectivity index (χ2n) is 5.55. The molecule has 2 rings (SSSR count). The van der Waals surface area contributed by atoms with Crippen LogP contribution in [-0.2, 0) is 0 Å². The van der Waals surface area contributed by atoms with Crippen molar-refractivity contribution in [2.45, 2.75) is 44.6 Å². The number of benzene rings is 1. The van der Waals surface area contributed by atoms with Gasteiger partial charge in [-0.05, 0) is 30.9 Å². The third-order valence-electron chi connectivity index (χ3n) is 4.83. The monoisotopic (exact) mass is 246 g/mol. The highest BCUT2D eigenvalue weighted by molar-refractivity contribution is 5.48. The number of nitrogens with two attached hydrogens (primary N) is 1. The van der Waals surface area contributed by atoms with Gasteiger partial charge in [-0.2, -0.15) is 0 Å². The summed E-state index contributed by atoms with van der Waals surface area (Å²) in [5.74, 6) is 0.724. The Labute approximate surface area is 111 Å². The van der Waals surface area contributed by atoms with Crippen LogP contribution in [-0.4, -0.2) is 19.1 Å². The largest absolute Gasteiger partial charge is 0.367 e. The SMILES string of the molecule is CCC1CCCCC1(CN)N(C)c1ccccc1. The standard InChI is InChI=1S/C16H26N2/c1-3-14-9-7-8-12-16(14,13-17)18(2)15-10-5-4-6-11-15/h4-6,10-11,14H,3,7-9,12-13,17H2,1-2H3. The van der Waals surface area contributed by atoms with Gasteiger partial charge in [-0.1, -0.05) is 44.4 Å². The van der Waals surface area contributed by atoms with Gasteiger partial charge in [0.25, 0.3) is 0 Å². The predicted octanol–water partition coefficient (Wildman–Crippen LogP) is 3.42. The quantitative estimate of drug-likeness (QED) is 0.882. The molecule has 0 aliphatic heterocycles. The van der Waals surface area contributed by atoms with Gasteiger partial charge in [0.2, 0.25) is 0 Å². The highest BCUT2D eigenvalue weighted by Gasteiger charge is 2.41. The molecule has 2 heteroatoms. The second kappa shape index (κ2) is 5.75. The fourth-order valence-corrected chi connectivity index (χ4v) is 3.63. The lowest BCUT2D eigenvalue weighted by Gasteiger charge is -2.50. The topological polar surface area (TPSA) is 29.3 Å². The minimum Gasteiger partial charge on any atom is -0.367 e. The van der Waals surface area contributed by atoms with Crippen LogP contribution in [0.4, 0.5) is 5.69 Å². The maximum atomic E-state index is 6.20. The summed E-state index contributed by atoms with van der Waals surface area (Å²) >= 11 is 0. The number of rotatable bonds is 4. The summed E-state index contributed by atoms with van der Waals surface area (Å²) in [4.78, 5) is 2.44. The van der Waals surface area contributed by atoms with Crippen molar-refractivity contribution in [3.8, 4) is 0 Å². The third kappa shape index (κ3) is 2.26. The van der Waals surface area contributed by atoms with E-state index in [0.29, 0.717) is 0 Å².